The summed E-state index contributed by atoms with van der Waals surface area (Å²) in [7, 11) is 0. The minimum absolute atomic E-state index is 0.214. The van der Waals surface area contributed by atoms with E-state index >= 15 is 0 Å². The number of aryl methyl sites for hydroxylation is 1. The first-order chi connectivity index (χ1) is 11.0. The van der Waals surface area contributed by atoms with Crippen molar-refractivity contribution in [3.63, 3.8) is 0 Å². The molecule has 0 amide bonds. The number of rotatable bonds is 3. The van der Waals surface area contributed by atoms with Crippen molar-refractivity contribution < 1.29 is 8.78 Å². The quantitative estimate of drug-likeness (QED) is 0.660. The molecule has 5 heteroatoms. The van der Waals surface area contributed by atoms with Gasteiger partial charge in [-0.1, -0.05) is 13.0 Å². The van der Waals surface area contributed by atoms with Gasteiger partial charge in [0.2, 0.25) is 0 Å². The monoisotopic (exact) mass is 334 g/mol. The third-order valence-corrected chi connectivity index (χ3v) is 5.23. The first-order valence-corrected chi connectivity index (χ1v) is 8.73. The highest BCUT2D eigenvalue weighted by molar-refractivity contribution is 7.99. The highest BCUT2D eigenvalue weighted by Crippen LogP contribution is 2.38. The highest BCUT2D eigenvalue weighted by atomic mass is 32.2. The summed E-state index contributed by atoms with van der Waals surface area (Å²) in [6.07, 6.45) is 0.714. The Kier molecular flexibility index (Phi) is 4.48. The molecule has 0 unspecified atom stereocenters. The summed E-state index contributed by atoms with van der Waals surface area (Å²) in [6.45, 7) is 5.15. The SMILES string of the molecule is CCSc1c(N)c(C)cc(N2CCc3cc(F)ccc3C2)c1F. The lowest BCUT2D eigenvalue weighted by Crippen LogP contribution is -2.31. The molecule has 2 aromatic rings. The van der Waals surface area contributed by atoms with E-state index in [4.69, 9.17) is 5.73 Å². The molecule has 0 saturated heterocycles. The summed E-state index contributed by atoms with van der Waals surface area (Å²) in [5.41, 5.74) is 10.1. The average Bonchev–Trinajstić information content (AvgIpc) is 2.54. The normalized spacial score (nSPS) is 14.0. The van der Waals surface area contributed by atoms with Crippen LogP contribution in [-0.2, 0) is 13.0 Å². The third kappa shape index (κ3) is 3.02. The second-order valence-electron chi connectivity index (χ2n) is 5.79. The predicted molar refractivity (Wildman–Crippen MR) is 93.1 cm³/mol. The molecule has 0 fully saturated rings. The number of anilines is 2. The molecule has 1 aliphatic rings. The zero-order valence-electron chi connectivity index (χ0n) is 13.3. The lowest BCUT2D eigenvalue weighted by atomic mass is 9.99. The van der Waals surface area contributed by atoms with Crippen LogP contribution in [0.5, 0.6) is 0 Å². The Hall–Kier alpha value is -1.75. The van der Waals surface area contributed by atoms with E-state index in [0.29, 0.717) is 35.8 Å². The zero-order valence-corrected chi connectivity index (χ0v) is 14.1. The van der Waals surface area contributed by atoms with Gasteiger partial charge in [-0.3, -0.25) is 0 Å². The Bertz CT molecular complexity index is 746. The van der Waals surface area contributed by atoms with Gasteiger partial charge < -0.3 is 10.6 Å². The molecule has 2 aromatic carbocycles. The number of hydrogen-bond acceptors (Lipinski definition) is 3. The number of nitrogens with two attached hydrogens (primary N) is 1. The van der Waals surface area contributed by atoms with Gasteiger partial charge in [0.15, 0.2) is 5.82 Å². The fourth-order valence-corrected chi connectivity index (χ4v) is 3.84. The zero-order chi connectivity index (χ0) is 16.6. The summed E-state index contributed by atoms with van der Waals surface area (Å²) in [5.74, 6) is 0.311. The Morgan fingerprint density at radius 2 is 2.00 bits per heavy atom. The van der Waals surface area contributed by atoms with Crippen LogP contribution in [0, 0.1) is 18.6 Å². The Labute approximate surface area is 139 Å². The van der Waals surface area contributed by atoms with Gasteiger partial charge in [-0.05, 0) is 54.0 Å². The van der Waals surface area contributed by atoms with Crippen molar-refractivity contribution in [2.45, 2.75) is 31.7 Å². The molecule has 1 aliphatic heterocycles. The van der Waals surface area contributed by atoms with Crippen molar-refractivity contribution in [3.8, 4) is 0 Å². The summed E-state index contributed by atoms with van der Waals surface area (Å²) >= 11 is 1.43. The van der Waals surface area contributed by atoms with Crippen LogP contribution in [0.1, 0.15) is 23.6 Å². The molecule has 23 heavy (non-hydrogen) atoms. The molecule has 122 valence electrons. The Morgan fingerprint density at radius 1 is 1.22 bits per heavy atom. The van der Waals surface area contributed by atoms with E-state index in [0.717, 1.165) is 22.4 Å². The maximum atomic E-state index is 14.9. The predicted octanol–water partition coefficient (Wildman–Crippen LogP) is 4.53. The number of fused-ring (bicyclic) bond motifs is 1. The van der Waals surface area contributed by atoms with Crippen LogP contribution in [-0.4, -0.2) is 12.3 Å². The van der Waals surface area contributed by atoms with Gasteiger partial charge in [0.1, 0.15) is 5.82 Å². The van der Waals surface area contributed by atoms with Gasteiger partial charge in [-0.25, -0.2) is 8.78 Å². The largest absolute Gasteiger partial charge is 0.398 e. The van der Waals surface area contributed by atoms with Crippen LogP contribution in [0.25, 0.3) is 0 Å². The molecule has 3 rings (SSSR count). The van der Waals surface area contributed by atoms with E-state index in [1.54, 1.807) is 12.1 Å². The fraction of sp³-hybridized carbons (Fsp3) is 0.333. The smallest absolute Gasteiger partial charge is 0.162 e. The molecule has 2 nitrogen and oxygen atoms in total. The lowest BCUT2D eigenvalue weighted by Gasteiger charge is -2.32. The molecule has 2 N–H and O–H groups in total. The second-order valence-corrected chi connectivity index (χ2v) is 7.06. The standard InChI is InChI=1S/C18H20F2N2S/c1-3-23-18-16(20)15(8-11(2)17(18)21)22-7-6-12-9-14(19)5-4-13(12)10-22/h4-5,8-9H,3,6-7,10,21H2,1-2H3. The topological polar surface area (TPSA) is 29.3 Å². The van der Waals surface area contributed by atoms with Crippen LogP contribution < -0.4 is 10.6 Å². The van der Waals surface area contributed by atoms with Crippen molar-refractivity contribution in [1.29, 1.82) is 0 Å². The summed E-state index contributed by atoms with van der Waals surface area (Å²) < 4.78 is 28.2. The number of hydrogen-bond donors (Lipinski definition) is 1. The van der Waals surface area contributed by atoms with E-state index < -0.39 is 0 Å². The molecular formula is C18H20F2N2S. The molecule has 1 heterocycles. The molecule has 0 saturated carbocycles. The van der Waals surface area contributed by atoms with Crippen molar-refractivity contribution in [3.05, 3.63) is 52.6 Å². The molecule has 0 aromatic heterocycles. The fourth-order valence-electron chi connectivity index (χ4n) is 3.00. The molecule has 0 atom stereocenters. The van der Waals surface area contributed by atoms with Crippen LogP contribution in [0.2, 0.25) is 0 Å². The van der Waals surface area contributed by atoms with Crippen LogP contribution in [0.15, 0.2) is 29.2 Å². The van der Waals surface area contributed by atoms with Gasteiger partial charge in [0.25, 0.3) is 0 Å². The maximum Gasteiger partial charge on any atom is 0.162 e. The third-order valence-electron chi connectivity index (χ3n) is 4.26. The molecule has 0 spiro atoms. The highest BCUT2D eigenvalue weighted by Gasteiger charge is 2.23. The lowest BCUT2D eigenvalue weighted by molar-refractivity contribution is 0.586. The molecule has 0 radical (unpaired) electrons. The minimum atomic E-state index is -0.245. The first kappa shape index (κ1) is 16.1. The van der Waals surface area contributed by atoms with Gasteiger partial charge >= 0.3 is 0 Å². The van der Waals surface area contributed by atoms with E-state index in [-0.39, 0.29) is 11.6 Å². The summed E-state index contributed by atoms with van der Waals surface area (Å²) in [5, 5.41) is 0. The van der Waals surface area contributed by atoms with Gasteiger partial charge in [0.05, 0.1) is 16.3 Å². The van der Waals surface area contributed by atoms with Crippen LogP contribution in [0.3, 0.4) is 0 Å². The maximum absolute atomic E-state index is 14.9. The number of nitrogens with zero attached hydrogens (tertiary/aromatic N) is 1. The second kappa shape index (κ2) is 6.40. The minimum Gasteiger partial charge on any atom is -0.398 e. The van der Waals surface area contributed by atoms with Crippen molar-refractivity contribution in [1.82, 2.24) is 0 Å². The van der Waals surface area contributed by atoms with Gasteiger partial charge in [0, 0.05) is 13.1 Å². The van der Waals surface area contributed by atoms with E-state index in [1.165, 1.54) is 17.8 Å². The number of benzene rings is 2. The number of thioether (sulfide) groups is 1. The van der Waals surface area contributed by atoms with Crippen LogP contribution in [0.4, 0.5) is 20.2 Å². The van der Waals surface area contributed by atoms with E-state index in [9.17, 15) is 8.78 Å². The number of halogens is 2. The van der Waals surface area contributed by atoms with Crippen molar-refractivity contribution in [2.75, 3.05) is 22.9 Å². The average molecular weight is 334 g/mol. The van der Waals surface area contributed by atoms with Crippen molar-refractivity contribution >= 4 is 23.1 Å². The van der Waals surface area contributed by atoms with Crippen molar-refractivity contribution in [2.24, 2.45) is 0 Å². The molecule has 0 aliphatic carbocycles. The molecule has 0 bridgehead atoms. The van der Waals surface area contributed by atoms with Crippen LogP contribution >= 0.6 is 11.8 Å². The molecular weight excluding hydrogens is 314 g/mol. The Balaban J connectivity index is 1.98. The Morgan fingerprint density at radius 3 is 2.74 bits per heavy atom. The first-order valence-electron chi connectivity index (χ1n) is 7.75. The van der Waals surface area contributed by atoms with Gasteiger partial charge in [-0.2, -0.15) is 0 Å². The summed E-state index contributed by atoms with van der Waals surface area (Å²) in [4.78, 5) is 2.55. The van der Waals surface area contributed by atoms with E-state index in [1.807, 2.05) is 24.8 Å². The van der Waals surface area contributed by atoms with E-state index in [2.05, 4.69) is 0 Å². The number of nitrogen functional groups attached to an aromatic ring is 1. The van der Waals surface area contributed by atoms with Gasteiger partial charge in [-0.15, -0.1) is 11.8 Å². The summed E-state index contributed by atoms with van der Waals surface area (Å²) in [6, 6.07) is 6.65.